The maximum atomic E-state index is 15.7. The molecule has 5 aromatic carbocycles. The number of esters is 1. The van der Waals surface area contributed by atoms with Crippen LogP contribution in [0.2, 0.25) is 0 Å². The zero-order valence-corrected chi connectivity index (χ0v) is 31.5. The number of rotatable bonds is 15. The quantitative estimate of drug-likeness (QED) is 0.100. The number of carbonyl (C=O) groups is 3. The molecule has 6 rings (SSSR count). The van der Waals surface area contributed by atoms with Crippen LogP contribution in [0, 0.1) is 0 Å². The Hall–Kier alpha value is -6.75. The molecule has 0 saturated carbocycles. The molecule has 11 heteroatoms. The van der Waals surface area contributed by atoms with Crippen LogP contribution >= 0.6 is 0 Å². The summed E-state index contributed by atoms with van der Waals surface area (Å²) >= 11 is 0. The van der Waals surface area contributed by atoms with Gasteiger partial charge in [-0.2, -0.15) is 8.78 Å². The third kappa shape index (κ3) is 10.5. The molecule has 2 amide bonds. The second-order valence-corrected chi connectivity index (χ2v) is 13.4. The average Bonchev–Trinajstić information content (AvgIpc) is 3.24. The van der Waals surface area contributed by atoms with Gasteiger partial charge in [-0.05, 0) is 47.7 Å². The molecule has 1 aromatic heterocycles. The maximum absolute atomic E-state index is 15.7. The Morgan fingerprint density at radius 2 is 1.33 bits per heavy atom. The summed E-state index contributed by atoms with van der Waals surface area (Å²) in [6, 6.07) is 37.1. The van der Waals surface area contributed by atoms with Gasteiger partial charge in [0.1, 0.15) is 12.6 Å². The Balaban J connectivity index is 1.05. The predicted octanol–water partition coefficient (Wildman–Crippen LogP) is 9.12. The fraction of sp³-hybridized carbons (Fsp3) is 0.196. The van der Waals surface area contributed by atoms with Gasteiger partial charge in [0.05, 0.1) is 17.8 Å². The Bertz CT molecular complexity index is 2270. The highest BCUT2D eigenvalue weighted by Gasteiger charge is 2.42. The Labute approximate surface area is 330 Å². The fourth-order valence-corrected chi connectivity index (χ4v) is 6.27. The highest BCUT2D eigenvalue weighted by atomic mass is 19.3. The van der Waals surface area contributed by atoms with Gasteiger partial charge in [0, 0.05) is 41.2 Å². The van der Waals surface area contributed by atoms with Crippen LogP contribution in [-0.2, 0) is 50.9 Å². The average molecular weight is 769 g/mol. The normalized spacial score (nSPS) is 12.2. The number of aryl methyl sites for hydroxylation is 1. The van der Waals surface area contributed by atoms with Gasteiger partial charge in [0.15, 0.2) is 6.10 Å². The number of benzene rings is 5. The highest BCUT2D eigenvalue weighted by molar-refractivity contribution is 5.92. The first-order chi connectivity index (χ1) is 27.6. The van der Waals surface area contributed by atoms with Crippen LogP contribution in [0.3, 0.4) is 0 Å². The molecule has 9 nitrogen and oxygen atoms in total. The molecule has 0 aliphatic rings. The van der Waals surface area contributed by atoms with E-state index < -0.39 is 35.7 Å². The minimum absolute atomic E-state index is 0.00395. The molecule has 57 heavy (non-hydrogen) atoms. The minimum Gasteiger partial charge on any atom is -0.454 e. The van der Waals surface area contributed by atoms with E-state index in [2.05, 4.69) is 33.6 Å². The monoisotopic (exact) mass is 768 g/mol. The standard InChI is InChI=1S/C46H42F2N4O5/c1-3-35-16-10-11-17-39(35)43-42(49-26-27-50-43)36-20-24-38(25-21-36)51-41(53)29-33-18-22-37(23-19-33)46(47,48)31(2)57-44(54)40(28-32-12-6-4-7-13-32)52-45(55)56-30-34-14-8-5-9-15-34/h4-27,31,40H,3,28-30H2,1-2H3,(H,51,53)(H,52,55)/t31-,40-/m0/s1. The number of alkyl halides is 2. The summed E-state index contributed by atoms with van der Waals surface area (Å²) in [7, 11) is 0. The first kappa shape index (κ1) is 39.9. The van der Waals surface area contributed by atoms with E-state index in [1.54, 1.807) is 79.1 Å². The van der Waals surface area contributed by atoms with Crippen LogP contribution in [0.25, 0.3) is 22.5 Å². The van der Waals surface area contributed by atoms with Gasteiger partial charge in [-0.15, -0.1) is 0 Å². The molecular formula is C46H42F2N4O5. The molecule has 290 valence electrons. The smallest absolute Gasteiger partial charge is 0.408 e. The fourth-order valence-electron chi connectivity index (χ4n) is 6.27. The molecule has 0 aliphatic carbocycles. The Morgan fingerprint density at radius 1 is 0.719 bits per heavy atom. The van der Waals surface area contributed by atoms with Crippen molar-refractivity contribution in [1.82, 2.24) is 15.3 Å². The first-order valence-electron chi connectivity index (χ1n) is 18.6. The number of halogens is 2. The van der Waals surface area contributed by atoms with Crippen molar-refractivity contribution in [2.24, 2.45) is 0 Å². The number of carbonyl (C=O) groups excluding carboxylic acids is 3. The number of amides is 2. The van der Waals surface area contributed by atoms with E-state index in [1.807, 2.05) is 36.4 Å². The zero-order chi connectivity index (χ0) is 40.2. The van der Waals surface area contributed by atoms with Crippen molar-refractivity contribution in [1.29, 1.82) is 0 Å². The minimum atomic E-state index is -3.59. The van der Waals surface area contributed by atoms with E-state index in [9.17, 15) is 14.4 Å². The van der Waals surface area contributed by atoms with Gasteiger partial charge >= 0.3 is 18.0 Å². The summed E-state index contributed by atoms with van der Waals surface area (Å²) in [6.07, 6.45) is 1.32. The van der Waals surface area contributed by atoms with Crippen molar-refractivity contribution >= 4 is 23.7 Å². The van der Waals surface area contributed by atoms with Crippen LogP contribution < -0.4 is 10.6 Å². The molecule has 2 N–H and O–H groups in total. The first-order valence-corrected chi connectivity index (χ1v) is 18.6. The zero-order valence-electron chi connectivity index (χ0n) is 31.5. The van der Waals surface area contributed by atoms with Crippen molar-refractivity contribution in [3.63, 3.8) is 0 Å². The van der Waals surface area contributed by atoms with Crippen LogP contribution in [0.15, 0.2) is 146 Å². The topological polar surface area (TPSA) is 120 Å². The number of aromatic nitrogens is 2. The van der Waals surface area contributed by atoms with E-state index in [1.165, 1.54) is 24.3 Å². The van der Waals surface area contributed by atoms with Gasteiger partial charge in [0.25, 0.3) is 0 Å². The second-order valence-electron chi connectivity index (χ2n) is 13.4. The number of alkyl carbamates (subject to hydrolysis) is 1. The molecule has 0 aliphatic heterocycles. The lowest BCUT2D eigenvalue weighted by atomic mass is 9.98. The third-order valence-electron chi connectivity index (χ3n) is 9.37. The molecule has 0 unspecified atom stereocenters. The van der Waals surface area contributed by atoms with Gasteiger partial charge in [-0.25, -0.2) is 9.59 Å². The number of hydrogen-bond donors (Lipinski definition) is 2. The molecule has 0 fully saturated rings. The van der Waals surface area contributed by atoms with Gasteiger partial charge in [0.2, 0.25) is 5.91 Å². The molecule has 0 bridgehead atoms. The van der Waals surface area contributed by atoms with E-state index in [4.69, 9.17) is 9.47 Å². The van der Waals surface area contributed by atoms with E-state index in [-0.39, 0.29) is 25.4 Å². The molecule has 2 atom stereocenters. The Kier molecular flexibility index (Phi) is 13.1. The maximum Gasteiger partial charge on any atom is 0.408 e. The van der Waals surface area contributed by atoms with Crippen molar-refractivity contribution in [2.75, 3.05) is 5.32 Å². The SMILES string of the molecule is CCc1ccccc1-c1nccnc1-c1ccc(NC(=O)Cc2ccc(C(F)(F)[C@H](C)OC(=O)[C@H](Cc3ccccc3)NC(=O)OCc3ccccc3)cc2)cc1. The molecule has 6 aromatic rings. The summed E-state index contributed by atoms with van der Waals surface area (Å²) in [6.45, 7) is 3.14. The molecular weight excluding hydrogens is 727 g/mol. The predicted molar refractivity (Wildman–Crippen MR) is 214 cm³/mol. The summed E-state index contributed by atoms with van der Waals surface area (Å²) < 4.78 is 41.9. The molecule has 0 saturated heterocycles. The van der Waals surface area contributed by atoms with Crippen molar-refractivity contribution < 1.29 is 32.6 Å². The van der Waals surface area contributed by atoms with Crippen LogP contribution in [0.5, 0.6) is 0 Å². The number of anilines is 1. The lowest BCUT2D eigenvalue weighted by Crippen LogP contribution is -2.46. The van der Waals surface area contributed by atoms with Crippen LogP contribution in [-0.4, -0.2) is 40.1 Å². The van der Waals surface area contributed by atoms with Crippen molar-refractivity contribution in [3.8, 4) is 22.5 Å². The summed E-state index contributed by atoms with van der Waals surface area (Å²) in [5, 5.41) is 5.33. The third-order valence-corrected chi connectivity index (χ3v) is 9.37. The summed E-state index contributed by atoms with van der Waals surface area (Å²) in [5.41, 5.74) is 6.60. The van der Waals surface area contributed by atoms with E-state index in [0.717, 1.165) is 47.0 Å². The molecule has 1 heterocycles. The number of nitrogens with zero attached hydrogens (tertiary/aromatic N) is 2. The van der Waals surface area contributed by atoms with Gasteiger partial charge in [-0.1, -0.05) is 128 Å². The van der Waals surface area contributed by atoms with Crippen molar-refractivity contribution in [3.05, 3.63) is 174 Å². The highest BCUT2D eigenvalue weighted by Crippen LogP contribution is 2.34. The van der Waals surface area contributed by atoms with Gasteiger partial charge in [-0.3, -0.25) is 14.8 Å². The molecule has 0 radical (unpaired) electrons. The molecule has 0 spiro atoms. The number of hydrogen-bond acceptors (Lipinski definition) is 7. The summed E-state index contributed by atoms with van der Waals surface area (Å²) in [5.74, 6) is -4.96. The van der Waals surface area contributed by atoms with Crippen LogP contribution in [0.4, 0.5) is 19.3 Å². The Morgan fingerprint density at radius 3 is 2.00 bits per heavy atom. The van der Waals surface area contributed by atoms with Crippen LogP contribution in [0.1, 0.15) is 41.7 Å². The van der Waals surface area contributed by atoms with Gasteiger partial charge < -0.3 is 20.1 Å². The summed E-state index contributed by atoms with van der Waals surface area (Å²) in [4.78, 5) is 48.1. The largest absolute Gasteiger partial charge is 0.454 e. The number of ether oxygens (including phenoxy) is 2. The van der Waals surface area contributed by atoms with E-state index >= 15 is 8.78 Å². The lowest BCUT2D eigenvalue weighted by molar-refractivity contribution is -0.175. The lowest BCUT2D eigenvalue weighted by Gasteiger charge is -2.26. The second kappa shape index (κ2) is 18.7. The van der Waals surface area contributed by atoms with E-state index in [0.29, 0.717) is 16.8 Å². The number of nitrogens with one attached hydrogen (secondary N) is 2. The van der Waals surface area contributed by atoms with Crippen molar-refractivity contribution in [2.45, 2.75) is 57.8 Å².